The Morgan fingerprint density at radius 1 is 1.48 bits per heavy atom. The summed E-state index contributed by atoms with van der Waals surface area (Å²) in [5.74, 6) is -1.03. The van der Waals surface area contributed by atoms with E-state index < -0.39 is 17.5 Å². The van der Waals surface area contributed by atoms with Crippen LogP contribution in [0.15, 0.2) is 18.5 Å². The Labute approximate surface area is 122 Å². The van der Waals surface area contributed by atoms with Crippen LogP contribution in [0.5, 0.6) is 0 Å². The smallest absolute Gasteiger partial charge is 0.329 e. The van der Waals surface area contributed by atoms with E-state index in [2.05, 4.69) is 15.7 Å². The SMILES string of the molecule is CC(Cn1cccn1)NC(=O)NC1(C(=O)O)CCOCC1. The maximum Gasteiger partial charge on any atom is 0.329 e. The van der Waals surface area contributed by atoms with Gasteiger partial charge in [-0.3, -0.25) is 4.68 Å². The number of nitrogens with one attached hydrogen (secondary N) is 2. The van der Waals surface area contributed by atoms with Gasteiger partial charge in [0.2, 0.25) is 0 Å². The number of carboxylic acids is 1. The second-order valence-electron chi connectivity index (χ2n) is 5.23. The summed E-state index contributed by atoms with van der Waals surface area (Å²) in [5, 5.41) is 18.7. The molecule has 1 aliphatic rings. The van der Waals surface area contributed by atoms with Crippen molar-refractivity contribution in [2.75, 3.05) is 13.2 Å². The molecule has 0 aromatic carbocycles. The Kier molecular flexibility index (Phi) is 4.79. The van der Waals surface area contributed by atoms with Gasteiger partial charge >= 0.3 is 12.0 Å². The quantitative estimate of drug-likeness (QED) is 0.720. The van der Waals surface area contributed by atoms with Gasteiger partial charge in [0.05, 0.1) is 6.54 Å². The predicted molar refractivity (Wildman–Crippen MR) is 73.8 cm³/mol. The monoisotopic (exact) mass is 296 g/mol. The number of nitrogens with zero attached hydrogens (tertiary/aromatic N) is 2. The molecule has 0 bridgehead atoms. The van der Waals surface area contributed by atoms with Crippen LogP contribution in [0.2, 0.25) is 0 Å². The summed E-state index contributed by atoms with van der Waals surface area (Å²) < 4.78 is 6.86. The number of carbonyl (C=O) groups is 2. The van der Waals surface area contributed by atoms with Gasteiger partial charge in [-0.2, -0.15) is 5.10 Å². The zero-order valence-electron chi connectivity index (χ0n) is 11.9. The molecule has 2 heterocycles. The van der Waals surface area contributed by atoms with Gasteiger partial charge in [0, 0.05) is 44.5 Å². The van der Waals surface area contributed by atoms with Crippen molar-refractivity contribution in [3.8, 4) is 0 Å². The maximum atomic E-state index is 12.0. The van der Waals surface area contributed by atoms with Crippen molar-refractivity contribution >= 4 is 12.0 Å². The molecule has 1 aliphatic heterocycles. The van der Waals surface area contributed by atoms with E-state index >= 15 is 0 Å². The fraction of sp³-hybridized carbons (Fsp3) is 0.615. The number of carboxylic acid groups (broad SMARTS) is 1. The normalized spacial score (nSPS) is 18.7. The molecule has 1 aromatic heterocycles. The number of urea groups is 1. The lowest BCUT2D eigenvalue weighted by Crippen LogP contribution is -2.60. The third-order valence-corrected chi connectivity index (χ3v) is 3.51. The standard InChI is InChI=1S/C13H20N4O4/c1-10(9-17-6-2-5-14-17)15-12(20)16-13(11(18)19)3-7-21-8-4-13/h2,5-6,10H,3-4,7-9H2,1H3,(H,18,19)(H2,15,16,20). The molecule has 0 aliphatic carbocycles. The van der Waals surface area contributed by atoms with Gasteiger partial charge in [0.1, 0.15) is 5.54 Å². The topological polar surface area (TPSA) is 105 Å². The second kappa shape index (κ2) is 6.57. The molecule has 0 spiro atoms. The lowest BCUT2D eigenvalue weighted by molar-refractivity contribution is -0.148. The third-order valence-electron chi connectivity index (χ3n) is 3.51. The molecule has 21 heavy (non-hydrogen) atoms. The van der Waals surface area contributed by atoms with Crippen LogP contribution in [0.4, 0.5) is 4.79 Å². The molecule has 3 N–H and O–H groups in total. The number of aromatic nitrogens is 2. The van der Waals surface area contributed by atoms with E-state index in [1.807, 2.05) is 6.92 Å². The van der Waals surface area contributed by atoms with Crippen LogP contribution in [-0.2, 0) is 16.1 Å². The zero-order valence-corrected chi connectivity index (χ0v) is 11.9. The minimum atomic E-state index is -1.24. The van der Waals surface area contributed by atoms with E-state index in [0.717, 1.165) is 0 Å². The van der Waals surface area contributed by atoms with Gasteiger partial charge in [-0.1, -0.05) is 0 Å². The molecule has 8 nitrogen and oxygen atoms in total. The molecular weight excluding hydrogens is 276 g/mol. The van der Waals surface area contributed by atoms with E-state index in [1.54, 1.807) is 23.1 Å². The molecule has 116 valence electrons. The second-order valence-corrected chi connectivity index (χ2v) is 5.23. The average molecular weight is 296 g/mol. The number of rotatable bonds is 5. The summed E-state index contributed by atoms with van der Waals surface area (Å²) in [4.78, 5) is 23.4. The highest BCUT2D eigenvalue weighted by atomic mass is 16.5. The molecule has 1 unspecified atom stereocenters. The van der Waals surface area contributed by atoms with Gasteiger partial charge in [-0.15, -0.1) is 0 Å². The fourth-order valence-corrected chi connectivity index (χ4v) is 2.32. The van der Waals surface area contributed by atoms with E-state index in [-0.39, 0.29) is 18.9 Å². The van der Waals surface area contributed by atoms with Crippen LogP contribution >= 0.6 is 0 Å². The summed E-state index contributed by atoms with van der Waals surface area (Å²) in [7, 11) is 0. The fourth-order valence-electron chi connectivity index (χ4n) is 2.32. The van der Waals surface area contributed by atoms with Gasteiger partial charge in [-0.25, -0.2) is 9.59 Å². The molecule has 1 atom stereocenters. The highest BCUT2D eigenvalue weighted by Crippen LogP contribution is 2.20. The molecular formula is C13H20N4O4. The summed E-state index contributed by atoms with van der Waals surface area (Å²) in [5.41, 5.74) is -1.24. The maximum absolute atomic E-state index is 12.0. The van der Waals surface area contributed by atoms with Crippen LogP contribution in [0.1, 0.15) is 19.8 Å². The molecule has 2 rings (SSSR count). The third kappa shape index (κ3) is 3.94. The summed E-state index contributed by atoms with van der Waals surface area (Å²) >= 11 is 0. The highest BCUT2D eigenvalue weighted by molar-refractivity contribution is 5.86. The van der Waals surface area contributed by atoms with Gasteiger partial charge < -0.3 is 20.5 Å². The average Bonchev–Trinajstić information content (AvgIpc) is 2.92. The van der Waals surface area contributed by atoms with E-state index in [4.69, 9.17) is 4.74 Å². The Morgan fingerprint density at radius 2 is 2.19 bits per heavy atom. The largest absolute Gasteiger partial charge is 0.480 e. The molecule has 1 fully saturated rings. The first-order valence-corrected chi connectivity index (χ1v) is 6.89. The van der Waals surface area contributed by atoms with Crippen LogP contribution in [-0.4, -0.2) is 51.7 Å². The molecule has 0 saturated carbocycles. The minimum absolute atomic E-state index is 0.171. The number of carbonyl (C=O) groups excluding carboxylic acids is 1. The van der Waals surface area contributed by atoms with Gasteiger partial charge in [0.25, 0.3) is 0 Å². The Balaban J connectivity index is 1.88. The Hall–Kier alpha value is -2.09. The number of hydrogen-bond donors (Lipinski definition) is 3. The lowest BCUT2D eigenvalue weighted by atomic mass is 9.90. The van der Waals surface area contributed by atoms with Gasteiger partial charge in [-0.05, 0) is 13.0 Å². The summed E-state index contributed by atoms with van der Waals surface area (Å²) in [6, 6.07) is 1.14. The van der Waals surface area contributed by atoms with Crippen LogP contribution in [0.25, 0.3) is 0 Å². The number of aliphatic carboxylic acids is 1. The van der Waals surface area contributed by atoms with Crippen molar-refractivity contribution in [3.63, 3.8) is 0 Å². The molecule has 1 saturated heterocycles. The summed E-state index contributed by atoms with van der Waals surface area (Å²) in [6.45, 7) is 3.01. The Morgan fingerprint density at radius 3 is 2.76 bits per heavy atom. The van der Waals surface area contributed by atoms with Crippen LogP contribution in [0, 0.1) is 0 Å². The number of ether oxygens (including phenoxy) is 1. The van der Waals surface area contributed by atoms with Crippen LogP contribution < -0.4 is 10.6 Å². The summed E-state index contributed by atoms with van der Waals surface area (Å²) in [6.07, 6.45) is 3.99. The molecule has 2 amide bonds. The molecule has 1 aromatic rings. The predicted octanol–water partition coefficient (Wildman–Crippen LogP) is 0.205. The van der Waals surface area contributed by atoms with E-state index in [1.165, 1.54) is 0 Å². The molecule has 8 heteroatoms. The molecule has 0 radical (unpaired) electrons. The van der Waals surface area contributed by atoms with Crippen molar-refractivity contribution < 1.29 is 19.4 Å². The highest BCUT2D eigenvalue weighted by Gasteiger charge is 2.41. The first-order valence-electron chi connectivity index (χ1n) is 6.89. The van der Waals surface area contributed by atoms with Gasteiger partial charge in [0.15, 0.2) is 0 Å². The zero-order chi connectivity index (χ0) is 15.3. The van der Waals surface area contributed by atoms with Crippen molar-refractivity contribution in [1.82, 2.24) is 20.4 Å². The number of amides is 2. The number of hydrogen-bond acceptors (Lipinski definition) is 4. The first kappa shape index (κ1) is 15.3. The first-order chi connectivity index (χ1) is 10.0. The minimum Gasteiger partial charge on any atom is -0.480 e. The van der Waals surface area contributed by atoms with Crippen molar-refractivity contribution in [3.05, 3.63) is 18.5 Å². The lowest BCUT2D eigenvalue weighted by Gasteiger charge is -2.34. The van der Waals surface area contributed by atoms with Crippen molar-refractivity contribution in [1.29, 1.82) is 0 Å². The van der Waals surface area contributed by atoms with E-state index in [0.29, 0.717) is 19.8 Å². The van der Waals surface area contributed by atoms with Crippen LogP contribution in [0.3, 0.4) is 0 Å². The Bertz CT molecular complexity index is 482. The van der Waals surface area contributed by atoms with Crippen molar-refractivity contribution in [2.45, 2.75) is 37.9 Å². The van der Waals surface area contributed by atoms with E-state index in [9.17, 15) is 14.7 Å². The van der Waals surface area contributed by atoms with Crippen molar-refractivity contribution in [2.24, 2.45) is 0 Å².